The van der Waals surface area contributed by atoms with Crippen LogP contribution in [0.15, 0.2) is 48.5 Å². The quantitative estimate of drug-likeness (QED) is 0.558. The predicted octanol–water partition coefficient (Wildman–Crippen LogP) is 5.28. The number of benzene rings is 2. The van der Waals surface area contributed by atoms with Crippen molar-refractivity contribution < 1.29 is 14.3 Å². The van der Waals surface area contributed by atoms with Gasteiger partial charge in [0.1, 0.15) is 11.8 Å². The van der Waals surface area contributed by atoms with Gasteiger partial charge in [-0.15, -0.1) is 0 Å². The first-order valence-corrected chi connectivity index (χ1v) is 11.9. The Bertz CT molecular complexity index is 894. The average molecular weight is 457 g/mol. The molecule has 0 saturated heterocycles. The zero-order chi connectivity index (χ0) is 22.9. The number of halogens is 1. The molecule has 0 aromatic heterocycles. The second-order valence-electron chi connectivity index (χ2n) is 8.48. The minimum atomic E-state index is -0.581. The SMILES string of the molecule is CCC(C(=O)NC1CCCCC1)N(Cc1ccccc1Cl)C(=O)COc1ccc(C)cc1. The molecule has 172 valence electrons. The number of nitrogens with one attached hydrogen (secondary N) is 1. The Morgan fingerprint density at radius 3 is 2.44 bits per heavy atom. The van der Waals surface area contributed by atoms with E-state index in [-0.39, 0.29) is 31.0 Å². The van der Waals surface area contributed by atoms with Crippen molar-refractivity contribution in [2.75, 3.05) is 6.61 Å². The molecule has 32 heavy (non-hydrogen) atoms. The van der Waals surface area contributed by atoms with E-state index in [9.17, 15) is 9.59 Å². The van der Waals surface area contributed by atoms with Crippen molar-refractivity contribution in [3.63, 3.8) is 0 Å². The number of hydrogen-bond acceptors (Lipinski definition) is 3. The molecule has 1 unspecified atom stereocenters. The van der Waals surface area contributed by atoms with Crippen molar-refractivity contribution in [3.05, 3.63) is 64.7 Å². The van der Waals surface area contributed by atoms with Gasteiger partial charge in [-0.1, -0.05) is 73.7 Å². The maximum Gasteiger partial charge on any atom is 0.261 e. The highest BCUT2D eigenvalue weighted by atomic mass is 35.5. The van der Waals surface area contributed by atoms with Crippen LogP contribution in [0.1, 0.15) is 56.6 Å². The lowest BCUT2D eigenvalue weighted by molar-refractivity contribution is -0.143. The summed E-state index contributed by atoms with van der Waals surface area (Å²) >= 11 is 6.37. The minimum Gasteiger partial charge on any atom is -0.484 e. The van der Waals surface area contributed by atoms with E-state index >= 15 is 0 Å². The number of carbonyl (C=O) groups excluding carboxylic acids is 2. The first kappa shape index (κ1) is 24.1. The normalized spacial score (nSPS) is 15.1. The second kappa shape index (κ2) is 11.9. The Hall–Kier alpha value is -2.53. The lowest BCUT2D eigenvalue weighted by Gasteiger charge is -2.33. The second-order valence-corrected chi connectivity index (χ2v) is 8.89. The van der Waals surface area contributed by atoms with Crippen LogP contribution in [0.4, 0.5) is 0 Å². The topological polar surface area (TPSA) is 58.6 Å². The first-order valence-electron chi connectivity index (χ1n) is 11.5. The maximum atomic E-state index is 13.3. The number of nitrogens with zero attached hydrogens (tertiary/aromatic N) is 1. The van der Waals surface area contributed by atoms with Gasteiger partial charge in [0.15, 0.2) is 6.61 Å². The molecule has 1 fully saturated rings. The molecule has 2 aromatic carbocycles. The van der Waals surface area contributed by atoms with Crippen molar-refractivity contribution in [2.45, 2.75) is 71.0 Å². The summed E-state index contributed by atoms with van der Waals surface area (Å²) in [6.07, 6.45) is 5.99. The molecule has 5 nitrogen and oxygen atoms in total. The minimum absolute atomic E-state index is 0.102. The van der Waals surface area contributed by atoms with Crippen LogP contribution in [-0.4, -0.2) is 35.4 Å². The van der Waals surface area contributed by atoms with Gasteiger partial charge in [0.05, 0.1) is 0 Å². The van der Waals surface area contributed by atoms with Gasteiger partial charge in [0, 0.05) is 17.6 Å². The standard InChI is InChI=1S/C26H33ClN2O3/c1-3-24(26(31)28-21-10-5-4-6-11-21)29(17-20-9-7-8-12-23(20)27)25(30)18-32-22-15-13-19(2)14-16-22/h7-9,12-16,21,24H,3-6,10-11,17-18H2,1-2H3,(H,28,31). The number of carbonyl (C=O) groups is 2. The summed E-state index contributed by atoms with van der Waals surface area (Å²) in [5.74, 6) is 0.285. The fraction of sp³-hybridized carbons (Fsp3) is 0.462. The molecule has 6 heteroatoms. The number of hydrogen-bond donors (Lipinski definition) is 1. The van der Waals surface area contributed by atoms with Gasteiger partial charge in [0.2, 0.25) is 5.91 Å². The van der Waals surface area contributed by atoms with Gasteiger partial charge >= 0.3 is 0 Å². The summed E-state index contributed by atoms with van der Waals surface area (Å²) < 4.78 is 5.74. The van der Waals surface area contributed by atoms with Crippen molar-refractivity contribution in [2.24, 2.45) is 0 Å². The molecule has 1 N–H and O–H groups in total. The largest absolute Gasteiger partial charge is 0.484 e. The van der Waals surface area contributed by atoms with Crippen LogP contribution < -0.4 is 10.1 Å². The highest BCUT2D eigenvalue weighted by molar-refractivity contribution is 6.31. The molecule has 2 aromatic rings. The van der Waals surface area contributed by atoms with Gasteiger partial charge in [-0.3, -0.25) is 9.59 Å². The van der Waals surface area contributed by atoms with Crippen LogP contribution in [0.25, 0.3) is 0 Å². The smallest absolute Gasteiger partial charge is 0.261 e. The van der Waals surface area contributed by atoms with Gasteiger partial charge < -0.3 is 15.0 Å². The Morgan fingerprint density at radius 2 is 1.78 bits per heavy atom. The summed E-state index contributed by atoms with van der Waals surface area (Å²) in [6.45, 7) is 4.04. The lowest BCUT2D eigenvalue weighted by atomic mass is 9.95. The highest BCUT2D eigenvalue weighted by Gasteiger charge is 2.31. The van der Waals surface area contributed by atoms with Crippen LogP contribution in [0.2, 0.25) is 5.02 Å². The molecular formula is C26H33ClN2O3. The summed E-state index contributed by atoms with van der Waals surface area (Å²) in [5, 5.41) is 3.76. The number of aryl methyl sites for hydroxylation is 1. The molecule has 1 saturated carbocycles. The van der Waals surface area contributed by atoms with E-state index in [2.05, 4.69) is 5.32 Å². The molecule has 0 spiro atoms. The summed E-state index contributed by atoms with van der Waals surface area (Å²) in [7, 11) is 0. The molecule has 1 aliphatic carbocycles. The Labute approximate surface area is 196 Å². The molecule has 3 rings (SSSR count). The molecule has 1 atom stereocenters. The molecule has 0 heterocycles. The third-order valence-corrected chi connectivity index (χ3v) is 6.39. The third kappa shape index (κ3) is 6.73. The summed E-state index contributed by atoms with van der Waals surface area (Å²) in [4.78, 5) is 28.1. The molecule has 0 bridgehead atoms. The van der Waals surface area contributed by atoms with E-state index in [1.165, 1.54) is 6.42 Å². The van der Waals surface area contributed by atoms with Crippen LogP contribution in [-0.2, 0) is 16.1 Å². The number of rotatable bonds is 9. The first-order chi connectivity index (χ1) is 15.5. The van der Waals surface area contributed by atoms with Gasteiger partial charge in [-0.25, -0.2) is 0 Å². The van der Waals surface area contributed by atoms with Crippen molar-refractivity contribution >= 4 is 23.4 Å². The van der Waals surface area contributed by atoms with Crippen molar-refractivity contribution in [1.29, 1.82) is 0 Å². The third-order valence-electron chi connectivity index (χ3n) is 6.02. The van der Waals surface area contributed by atoms with Crippen molar-refractivity contribution in [1.82, 2.24) is 10.2 Å². The Balaban J connectivity index is 1.75. The average Bonchev–Trinajstić information content (AvgIpc) is 2.80. The lowest BCUT2D eigenvalue weighted by Crippen LogP contribution is -2.52. The van der Waals surface area contributed by atoms with E-state index in [0.29, 0.717) is 17.2 Å². The van der Waals surface area contributed by atoms with E-state index < -0.39 is 6.04 Å². The van der Waals surface area contributed by atoms with Gasteiger partial charge in [-0.2, -0.15) is 0 Å². The molecule has 0 aliphatic heterocycles. The van der Waals surface area contributed by atoms with Crippen LogP contribution in [0.5, 0.6) is 5.75 Å². The summed E-state index contributed by atoms with van der Waals surface area (Å²) in [6, 6.07) is 14.6. The zero-order valence-corrected chi connectivity index (χ0v) is 19.7. The van der Waals surface area contributed by atoms with Gasteiger partial charge in [-0.05, 0) is 49.9 Å². The molecule has 1 aliphatic rings. The van der Waals surface area contributed by atoms with Crippen LogP contribution >= 0.6 is 11.6 Å². The fourth-order valence-corrected chi connectivity index (χ4v) is 4.33. The van der Waals surface area contributed by atoms with E-state index in [4.69, 9.17) is 16.3 Å². The van der Waals surface area contributed by atoms with E-state index in [0.717, 1.165) is 36.8 Å². The molecule has 0 radical (unpaired) electrons. The van der Waals surface area contributed by atoms with E-state index in [1.54, 1.807) is 11.0 Å². The van der Waals surface area contributed by atoms with Gasteiger partial charge in [0.25, 0.3) is 5.91 Å². The van der Waals surface area contributed by atoms with Crippen molar-refractivity contribution in [3.8, 4) is 5.75 Å². The van der Waals surface area contributed by atoms with Crippen LogP contribution in [0, 0.1) is 6.92 Å². The molecular weight excluding hydrogens is 424 g/mol. The number of amides is 2. The Kier molecular flexibility index (Phi) is 8.98. The van der Waals surface area contributed by atoms with E-state index in [1.807, 2.05) is 56.3 Å². The Morgan fingerprint density at radius 1 is 1.09 bits per heavy atom. The summed E-state index contributed by atoms with van der Waals surface area (Å²) in [5.41, 5.74) is 1.93. The fourth-order valence-electron chi connectivity index (χ4n) is 4.14. The zero-order valence-electron chi connectivity index (χ0n) is 19.0. The monoisotopic (exact) mass is 456 g/mol. The molecule has 2 amide bonds. The van der Waals surface area contributed by atoms with Crippen LogP contribution in [0.3, 0.4) is 0 Å². The maximum absolute atomic E-state index is 13.3. The highest BCUT2D eigenvalue weighted by Crippen LogP contribution is 2.22. The number of ether oxygens (including phenoxy) is 1. The predicted molar refractivity (Wildman–Crippen MR) is 128 cm³/mol.